The Morgan fingerprint density at radius 2 is 1.03 bits per heavy atom. The van der Waals surface area contributed by atoms with Gasteiger partial charge in [-0.1, -0.05) is 78.9 Å². The van der Waals surface area contributed by atoms with Gasteiger partial charge in [0.25, 0.3) is 11.8 Å². The smallest absolute Gasteiger partial charge is 0.411 e. The molecule has 2 N–H and O–H groups in total. The summed E-state index contributed by atoms with van der Waals surface area (Å²) in [6.45, 7) is 10.4. The molecule has 0 spiro atoms. The molecule has 0 bridgehead atoms. The van der Waals surface area contributed by atoms with E-state index >= 15 is 0 Å². The topological polar surface area (TPSA) is 148 Å². The predicted octanol–water partition coefficient (Wildman–Crippen LogP) is 9.42. The van der Waals surface area contributed by atoms with Gasteiger partial charge in [-0.2, -0.15) is 13.5 Å². The summed E-state index contributed by atoms with van der Waals surface area (Å²) in [6.07, 6.45) is -2.27. The molecule has 0 fully saturated rings. The largest absolute Gasteiger partial charge is 0.440 e. The lowest BCUT2D eigenvalue weighted by atomic mass is 9.94. The number of amides is 4. The van der Waals surface area contributed by atoms with Crippen molar-refractivity contribution in [2.24, 2.45) is 9.98 Å². The SMILES string of the molecule is CN(C)CC(OC(=O)N1CC2=C(CN=C2NC(=O)c2ccc(F)cc2)C1(C)C)c1ccccc1F.CN(Cc1ccccc1)C[C@@H](OC(=O)N1CC2=C(CN=C2NC(=O)c2ccc(F)cc2)C1(C)C)c1ccccc1.S. The van der Waals surface area contributed by atoms with Crippen LogP contribution in [0.25, 0.3) is 0 Å². The van der Waals surface area contributed by atoms with Crippen LogP contribution in [0, 0.1) is 17.5 Å². The van der Waals surface area contributed by atoms with Gasteiger partial charge in [-0.25, -0.2) is 22.8 Å². The molecular formula is C58H63F3N8O6S. The highest BCUT2D eigenvalue weighted by Gasteiger charge is 2.48. The van der Waals surface area contributed by atoms with Crippen LogP contribution >= 0.6 is 13.5 Å². The fourth-order valence-corrected chi connectivity index (χ4v) is 9.62. The third-order valence-electron chi connectivity index (χ3n) is 13.9. The van der Waals surface area contributed by atoms with Crippen molar-refractivity contribution >= 4 is 49.2 Å². The van der Waals surface area contributed by atoms with Crippen molar-refractivity contribution < 1.29 is 41.8 Å². The number of nitrogens with zero attached hydrogens (tertiary/aromatic N) is 6. The van der Waals surface area contributed by atoms with E-state index in [9.17, 15) is 32.3 Å². The second kappa shape index (κ2) is 24.0. The average molecular weight is 1060 g/mol. The van der Waals surface area contributed by atoms with E-state index in [2.05, 4.69) is 37.7 Å². The Balaban J connectivity index is 0.000000220. The zero-order valence-corrected chi connectivity index (χ0v) is 44.6. The third kappa shape index (κ3) is 12.7. The molecule has 76 heavy (non-hydrogen) atoms. The van der Waals surface area contributed by atoms with Gasteiger partial charge >= 0.3 is 12.2 Å². The van der Waals surface area contributed by atoms with Crippen LogP contribution in [0.3, 0.4) is 0 Å². The number of hydrogen-bond acceptors (Lipinski definition) is 10. The first kappa shape index (κ1) is 56.2. The molecule has 0 saturated carbocycles. The normalized spacial score (nSPS) is 16.7. The summed E-state index contributed by atoms with van der Waals surface area (Å²) in [4.78, 5) is 68.6. The van der Waals surface area contributed by atoms with E-state index in [1.165, 1.54) is 60.2 Å². The lowest BCUT2D eigenvalue weighted by Gasteiger charge is -2.35. The molecule has 0 saturated heterocycles. The van der Waals surface area contributed by atoms with Gasteiger partial charge in [-0.15, -0.1) is 0 Å². The van der Waals surface area contributed by atoms with Gasteiger partial charge in [0.2, 0.25) is 0 Å². The van der Waals surface area contributed by atoms with Crippen molar-refractivity contribution in [3.05, 3.63) is 201 Å². The van der Waals surface area contributed by atoms with E-state index in [0.29, 0.717) is 54.5 Å². The van der Waals surface area contributed by atoms with Gasteiger partial charge in [0.1, 0.15) is 41.3 Å². The fraction of sp³-hybridized carbons (Fsp3) is 0.310. The third-order valence-corrected chi connectivity index (χ3v) is 13.9. The molecule has 0 radical (unpaired) electrons. The van der Waals surface area contributed by atoms with Crippen LogP contribution in [0.1, 0.15) is 77.3 Å². The molecule has 4 heterocycles. The second-order valence-electron chi connectivity index (χ2n) is 20.1. The predicted molar refractivity (Wildman–Crippen MR) is 291 cm³/mol. The molecule has 1 unspecified atom stereocenters. The summed E-state index contributed by atoms with van der Waals surface area (Å²) in [5.74, 6) is -1.25. The van der Waals surface area contributed by atoms with Gasteiger partial charge in [0, 0.05) is 47.5 Å². The first-order chi connectivity index (χ1) is 35.8. The molecule has 18 heteroatoms. The minimum atomic E-state index is -0.795. The van der Waals surface area contributed by atoms with Gasteiger partial charge in [0.15, 0.2) is 0 Å². The molecule has 0 aromatic heterocycles. The summed E-state index contributed by atoms with van der Waals surface area (Å²) in [7, 11) is 5.66. The highest BCUT2D eigenvalue weighted by molar-refractivity contribution is 7.59. The molecule has 4 amide bonds. The summed E-state index contributed by atoms with van der Waals surface area (Å²) >= 11 is 0. The van der Waals surface area contributed by atoms with Crippen LogP contribution in [-0.4, -0.2) is 127 Å². The molecule has 9 rings (SSSR count). The van der Waals surface area contributed by atoms with Crippen molar-refractivity contribution in [3.8, 4) is 0 Å². The van der Waals surface area contributed by atoms with Crippen LogP contribution in [-0.2, 0) is 16.0 Å². The van der Waals surface area contributed by atoms with Crippen LogP contribution in [0.2, 0.25) is 0 Å². The van der Waals surface area contributed by atoms with E-state index in [4.69, 9.17) is 9.47 Å². The molecule has 14 nitrogen and oxygen atoms in total. The number of likely N-dealkylation sites (N-methyl/N-ethyl adjacent to an activating group) is 2. The molecule has 398 valence electrons. The Kier molecular flexibility index (Phi) is 17.7. The number of halogens is 3. The van der Waals surface area contributed by atoms with E-state index in [0.717, 1.165) is 34.4 Å². The zero-order valence-electron chi connectivity index (χ0n) is 43.6. The molecule has 5 aromatic rings. The van der Waals surface area contributed by atoms with E-state index in [1.807, 2.05) is 102 Å². The van der Waals surface area contributed by atoms with Crippen molar-refractivity contribution in [1.82, 2.24) is 30.2 Å². The van der Waals surface area contributed by atoms with Gasteiger partial charge in [0.05, 0.1) is 37.3 Å². The number of nitrogens with one attached hydrogen (secondary N) is 2. The number of carbonyl (C=O) groups is 4. The quantitative estimate of drug-likeness (QED) is 0.126. The summed E-state index contributed by atoms with van der Waals surface area (Å²) < 4.78 is 53.0. The highest BCUT2D eigenvalue weighted by Crippen LogP contribution is 2.40. The maximum Gasteiger partial charge on any atom is 0.411 e. The van der Waals surface area contributed by atoms with E-state index in [1.54, 1.807) is 28.0 Å². The number of benzene rings is 5. The maximum absolute atomic E-state index is 14.5. The summed E-state index contributed by atoms with van der Waals surface area (Å²) in [6, 6.07) is 36.7. The molecule has 5 aromatic carbocycles. The van der Waals surface area contributed by atoms with Crippen molar-refractivity contribution in [2.75, 3.05) is 60.4 Å². The molecule has 2 atom stereocenters. The Labute approximate surface area is 448 Å². The lowest BCUT2D eigenvalue weighted by Crippen LogP contribution is -2.47. The Hall–Kier alpha value is -7.54. The fourth-order valence-electron chi connectivity index (χ4n) is 9.62. The molecule has 0 aliphatic carbocycles. The number of amidine groups is 2. The summed E-state index contributed by atoms with van der Waals surface area (Å²) in [5.41, 5.74) is 5.11. The van der Waals surface area contributed by atoms with Crippen molar-refractivity contribution in [1.29, 1.82) is 0 Å². The Morgan fingerprint density at radius 3 is 1.49 bits per heavy atom. The first-order valence-electron chi connectivity index (χ1n) is 24.6. The van der Waals surface area contributed by atoms with Crippen LogP contribution in [0.5, 0.6) is 0 Å². The van der Waals surface area contributed by atoms with Crippen LogP contribution < -0.4 is 10.6 Å². The summed E-state index contributed by atoms with van der Waals surface area (Å²) in [5, 5.41) is 5.62. The van der Waals surface area contributed by atoms with Crippen molar-refractivity contribution in [3.63, 3.8) is 0 Å². The minimum Gasteiger partial charge on any atom is -0.440 e. The molecule has 4 aliphatic rings. The van der Waals surface area contributed by atoms with Crippen LogP contribution in [0.15, 0.2) is 166 Å². The first-order valence-corrected chi connectivity index (χ1v) is 24.6. The molecule has 4 aliphatic heterocycles. The van der Waals surface area contributed by atoms with Crippen LogP contribution in [0.4, 0.5) is 22.8 Å². The Morgan fingerprint density at radius 1 is 0.592 bits per heavy atom. The molecular weight excluding hydrogens is 994 g/mol. The standard InChI is InChI=1S/C32H33FN4O3.C26H28F2N4O3.H2S/c1-32(2)27-18-34-29(35-30(38)24-14-16-25(33)17-15-24)26(27)20-37(32)31(39)40-28(23-12-8-5-9-13-23)21-36(3)19-22-10-6-4-7-11-22;1-26(2)20-13-29-23(30-24(33)16-9-11-17(27)12-10-16)19(20)14-32(26)25(34)35-22(15-31(3)4)18-7-5-6-8-21(18)28;/h4-17,28H,18-21H2,1-3H3,(H,34,35,38);5-12,22H,13-15H2,1-4H3,(H,29,30,33);1H2/t28-;;/m1../s1. The number of hydrogen-bond donors (Lipinski definition) is 2. The van der Waals surface area contributed by atoms with Gasteiger partial charge in [-0.05, 0) is 126 Å². The average Bonchev–Trinajstić information content (AvgIpc) is 4.17. The van der Waals surface area contributed by atoms with E-state index < -0.39 is 58.8 Å². The lowest BCUT2D eigenvalue weighted by molar-refractivity contribution is 0.0342. The zero-order chi connectivity index (χ0) is 53.6. The van der Waals surface area contributed by atoms with Gasteiger partial charge < -0.3 is 25.0 Å². The highest BCUT2D eigenvalue weighted by atomic mass is 32.1. The number of ether oxygens (including phenoxy) is 2. The Bertz CT molecular complexity index is 3060. The monoisotopic (exact) mass is 1060 g/mol. The number of aliphatic imine (C=N–C) groups is 2. The van der Waals surface area contributed by atoms with Gasteiger partial charge in [-0.3, -0.25) is 34.3 Å². The maximum atomic E-state index is 14.5. The van der Waals surface area contributed by atoms with E-state index in [-0.39, 0.29) is 32.5 Å². The van der Waals surface area contributed by atoms with Crippen molar-refractivity contribution in [2.45, 2.75) is 57.5 Å². The second-order valence-corrected chi connectivity index (χ2v) is 20.1. The number of rotatable bonds is 12. The minimum absolute atomic E-state index is 0. The number of carbonyl (C=O) groups excluding carboxylic acids is 4.